The number of carboxylic acid groups (broad SMARTS) is 1. The van der Waals surface area contributed by atoms with E-state index in [2.05, 4.69) is 10.5 Å². The van der Waals surface area contributed by atoms with Gasteiger partial charge in [0.05, 0.1) is 12.6 Å². The van der Waals surface area contributed by atoms with Crippen molar-refractivity contribution in [3.8, 4) is 0 Å². The van der Waals surface area contributed by atoms with E-state index in [0.29, 0.717) is 0 Å². The third-order valence-corrected chi connectivity index (χ3v) is 6.06. The smallest absolute Gasteiger partial charge is 0.327 e. The quantitative estimate of drug-likeness (QED) is 0.311. The molecule has 2 N–H and O–H groups in total. The Bertz CT molecular complexity index is 768. The molecule has 9 heteroatoms. The molecule has 2 fully saturated rings. The number of hydrogen-bond donors (Lipinski definition) is 2. The lowest BCUT2D eigenvalue weighted by Crippen LogP contribution is -2.70. The van der Waals surface area contributed by atoms with Gasteiger partial charge < -0.3 is 20.2 Å². The second-order valence-corrected chi connectivity index (χ2v) is 8.64. The van der Waals surface area contributed by atoms with Crippen LogP contribution in [0.4, 0.5) is 0 Å². The highest BCUT2D eigenvalue weighted by Gasteiger charge is 2.64. The number of rotatable bonds is 7. The zero-order valence-corrected chi connectivity index (χ0v) is 15.8. The third-order valence-electron chi connectivity index (χ3n) is 4.49. The Labute approximate surface area is 160 Å². The summed E-state index contributed by atoms with van der Waals surface area (Å²) in [4.78, 5) is 42.2. The summed E-state index contributed by atoms with van der Waals surface area (Å²) in [5.74, 6) is -1.72. The number of benzene rings is 1. The first-order chi connectivity index (χ1) is 12.8. The van der Waals surface area contributed by atoms with Gasteiger partial charge in [-0.2, -0.15) is 0 Å². The topological polar surface area (TPSA) is 108 Å². The van der Waals surface area contributed by atoms with Gasteiger partial charge in [-0.15, -0.1) is 11.8 Å². The van der Waals surface area contributed by atoms with Gasteiger partial charge in [-0.05, 0) is 19.4 Å². The predicted molar refractivity (Wildman–Crippen MR) is 100 cm³/mol. The summed E-state index contributed by atoms with van der Waals surface area (Å²) in [6, 6.07) is 7.82. The van der Waals surface area contributed by atoms with Crippen LogP contribution in [0.1, 0.15) is 25.8 Å². The van der Waals surface area contributed by atoms with Crippen LogP contribution in [-0.2, 0) is 19.2 Å². The molecule has 2 unspecified atom stereocenters. The van der Waals surface area contributed by atoms with Gasteiger partial charge in [-0.25, -0.2) is 4.79 Å². The second kappa shape index (κ2) is 7.59. The number of carbonyl (C=O) groups is 3. The minimum Gasteiger partial charge on any atom is -0.480 e. The minimum absolute atomic E-state index is 0.0546. The van der Waals surface area contributed by atoms with E-state index in [1.165, 1.54) is 16.7 Å². The maximum atomic E-state index is 12.3. The fourth-order valence-corrected chi connectivity index (χ4v) is 4.84. The van der Waals surface area contributed by atoms with Crippen molar-refractivity contribution in [1.82, 2.24) is 10.2 Å². The van der Waals surface area contributed by atoms with E-state index < -0.39 is 22.8 Å². The summed E-state index contributed by atoms with van der Waals surface area (Å²) < 4.78 is -0.610. The SMILES string of the molecule is CC1(C)SC2C(NC(=O)CCO/N=C/c3ccccc3)C(=O)N2[C@H]1C(=O)O. The Kier molecular flexibility index (Phi) is 5.41. The monoisotopic (exact) mass is 391 g/mol. The first-order valence-corrected chi connectivity index (χ1v) is 9.42. The minimum atomic E-state index is -1.03. The molecule has 3 rings (SSSR count). The van der Waals surface area contributed by atoms with Crippen molar-refractivity contribution in [1.29, 1.82) is 0 Å². The van der Waals surface area contributed by atoms with Crippen LogP contribution in [-0.4, -0.2) is 62.8 Å². The molecule has 0 aromatic heterocycles. The first kappa shape index (κ1) is 19.2. The molecule has 0 radical (unpaired) electrons. The number of nitrogens with one attached hydrogen (secondary N) is 1. The molecule has 1 aromatic rings. The van der Waals surface area contributed by atoms with Crippen molar-refractivity contribution < 1.29 is 24.3 Å². The molecule has 27 heavy (non-hydrogen) atoms. The standard InChI is InChI=1S/C18H21N3O5S/c1-18(2)14(17(24)25)21-15(23)13(16(21)27-18)20-12(22)8-9-26-19-10-11-6-4-3-5-7-11/h3-7,10,13-14,16H,8-9H2,1-2H3,(H,20,22)(H,24,25)/b19-10+/t13?,14-,16?/m0/s1. The van der Waals surface area contributed by atoms with Crippen molar-refractivity contribution in [2.45, 2.75) is 42.5 Å². The molecule has 0 bridgehead atoms. The number of carbonyl (C=O) groups excluding carboxylic acids is 2. The Balaban J connectivity index is 1.45. The lowest BCUT2D eigenvalue weighted by molar-refractivity contribution is -0.161. The van der Waals surface area contributed by atoms with Crippen LogP contribution in [0.15, 0.2) is 35.5 Å². The molecule has 2 heterocycles. The third kappa shape index (κ3) is 3.92. The maximum Gasteiger partial charge on any atom is 0.327 e. The summed E-state index contributed by atoms with van der Waals surface area (Å²) >= 11 is 1.39. The average molecular weight is 391 g/mol. The predicted octanol–water partition coefficient (Wildman–Crippen LogP) is 1.06. The number of β-lactam (4-membered cyclic amide) rings is 1. The van der Waals surface area contributed by atoms with E-state index in [0.717, 1.165) is 5.56 Å². The van der Waals surface area contributed by atoms with Crippen molar-refractivity contribution in [2.75, 3.05) is 6.61 Å². The van der Waals surface area contributed by atoms with Crippen molar-refractivity contribution in [2.24, 2.45) is 5.16 Å². The lowest BCUT2D eigenvalue weighted by atomic mass is 9.96. The zero-order chi connectivity index (χ0) is 19.6. The van der Waals surface area contributed by atoms with E-state index in [-0.39, 0.29) is 30.2 Å². The van der Waals surface area contributed by atoms with Gasteiger partial charge in [0.2, 0.25) is 11.8 Å². The largest absolute Gasteiger partial charge is 0.480 e. The van der Waals surface area contributed by atoms with E-state index in [4.69, 9.17) is 4.84 Å². The molecule has 0 aliphatic carbocycles. The molecular formula is C18H21N3O5S. The van der Waals surface area contributed by atoms with Crippen molar-refractivity contribution >= 4 is 35.8 Å². The molecule has 2 saturated heterocycles. The fraction of sp³-hybridized carbons (Fsp3) is 0.444. The number of aliphatic carboxylic acids is 1. The Morgan fingerprint density at radius 1 is 1.37 bits per heavy atom. The van der Waals surface area contributed by atoms with Gasteiger partial charge in [0.1, 0.15) is 24.1 Å². The van der Waals surface area contributed by atoms with Gasteiger partial charge in [0.15, 0.2) is 0 Å². The van der Waals surface area contributed by atoms with Crippen LogP contribution < -0.4 is 5.32 Å². The number of hydrogen-bond acceptors (Lipinski definition) is 6. The zero-order valence-electron chi connectivity index (χ0n) is 15.0. The van der Waals surface area contributed by atoms with E-state index in [1.54, 1.807) is 20.1 Å². The second-order valence-electron chi connectivity index (χ2n) is 6.87. The van der Waals surface area contributed by atoms with Gasteiger partial charge in [-0.3, -0.25) is 9.59 Å². The maximum absolute atomic E-state index is 12.3. The van der Waals surface area contributed by atoms with Crippen LogP contribution in [0.3, 0.4) is 0 Å². The molecule has 2 aliphatic heterocycles. The highest BCUT2D eigenvalue weighted by molar-refractivity contribution is 8.01. The molecular weight excluding hydrogens is 370 g/mol. The molecule has 144 valence electrons. The van der Waals surface area contributed by atoms with Crippen molar-refractivity contribution in [3.05, 3.63) is 35.9 Å². The molecule has 2 aliphatic rings. The molecule has 0 spiro atoms. The Morgan fingerprint density at radius 2 is 2.07 bits per heavy atom. The van der Waals surface area contributed by atoms with Crippen LogP contribution in [0.5, 0.6) is 0 Å². The average Bonchev–Trinajstić information content (AvgIpc) is 2.88. The molecule has 8 nitrogen and oxygen atoms in total. The van der Waals surface area contributed by atoms with Crippen LogP contribution >= 0.6 is 11.8 Å². The van der Waals surface area contributed by atoms with Gasteiger partial charge >= 0.3 is 5.97 Å². The number of fused-ring (bicyclic) bond motifs is 1. The normalized spacial score (nSPS) is 25.8. The summed E-state index contributed by atoms with van der Waals surface area (Å²) in [6.45, 7) is 3.67. The lowest BCUT2D eigenvalue weighted by Gasteiger charge is -2.43. The molecule has 0 saturated carbocycles. The van der Waals surface area contributed by atoms with Gasteiger partial charge in [0, 0.05) is 4.75 Å². The van der Waals surface area contributed by atoms with E-state index in [9.17, 15) is 19.5 Å². The summed E-state index contributed by atoms with van der Waals surface area (Å²) in [5, 5.41) is 15.5. The summed E-state index contributed by atoms with van der Waals surface area (Å²) in [6.07, 6.45) is 1.60. The highest BCUT2D eigenvalue weighted by Crippen LogP contribution is 2.50. The first-order valence-electron chi connectivity index (χ1n) is 8.54. The van der Waals surface area contributed by atoms with Crippen LogP contribution in [0, 0.1) is 0 Å². The number of amides is 2. The van der Waals surface area contributed by atoms with E-state index in [1.807, 2.05) is 30.3 Å². The van der Waals surface area contributed by atoms with Crippen LogP contribution in [0.25, 0.3) is 0 Å². The molecule has 2 amide bonds. The number of oxime groups is 1. The fourth-order valence-electron chi connectivity index (χ4n) is 3.22. The summed E-state index contributed by atoms with van der Waals surface area (Å²) in [5.41, 5.74) is 0.885. The number of carboxylic acids is 1. The van der Waals surface area contributed by atoms with Gasteiger partial charge in [-0.1, -0.05) is 35.5 Å². The van der Waals surface area contributed by atoms with Crippen LogP contribution in [0.2, 0.25) is 0 Å². The van der Waals surface area contributed by atoms with E-state index >= 15 is 0 Å². The van der Waals surface area contributed by atoms with Crippen molar-refractivity contribution in [3.63, 3.8) is 0 Å². The highest BCUT2D eigenvalue weighted by atomic mass is 32.2. The molecule has 1 aromatic carbocycles. The van der Waals surface area contributed by atoms with Gasteiger partial charge in [0.25, 0.3) is 0 Å². The Morgan fingerprint density at radius 3 is 2.74 bits per heavy atom. The molecule has 3 atom stereocenters. The number of nitrogens with zero attached hydrogens (tertiary/aromatic N) is 2. The number of thioether (sulfide) groups is 1. The summed E-state index contributed by atoms with van der Waals surface area (Å²) in [7, 11) is 0. The Hall–Kier alpha value is -2.55.